The number of aliphatic imine (C=N–C) groups is 1. The third kappa shape index (κ3) is 5.13. The Bertz CT molecular complexity index is 892. The third-order valence-corrected chi connectivity index (χ3v) is 5.12. The third-order valence-electron chi connectivity index (χ3n) is 3.99. The minimum absolute atomic E-state index is 0.185. The molecule has 0 atom stereocenters. The lowest BCUT2D eigenvalue weighted by molar-refractivity contribution is 0.552. The summed E-state index contributed by atoms with van der Waals surface area (Å²) in [5, 5.41) is 0. The van der Waals surface area contributed by atoms with E-state index in [-0.39, 0.29) is 10.7 Å². The van der Waals surface area contributed by atoms with Gasteiger partial charge in [-0.3, -0.25) is 0 Å². The molecule has 0 aromatic heterocycles. The molecule has 0 saturated heterocycles. The van der Waals surface area contributed by atoms with Crippen LogP contribution in [0.25, 0.3) is 0 Å². The van der Waals surface area contributed by atoms with Gasteiger partial charge in [0.05, 0.1) is 16.9 Å². The fourth-order valence-electron chi connectivity index (χ4n) is 2.41. The highest BCUT2D eigenvalue weighted by Crippen LogP contribution is 2.29. The van der Waals surface area contributed by atoms with Crippen molar-refractivity contribution in [3.8, 4) is 0 Å². The Hall–Kier alpha value is -2.21. The Morgan fingerprint density at radius 1 is 1.24 bits per heavy atom. The Morgan fingerprint density at radius 2 is 1.96 bits per heavy atom. The first-order valence-corrected chi connectivity index (χ1v) is 9.92. The lowest BCUT2D eigenvalue weighted by Crippen LogP contribution is -2.14. The molecule has 0 fully saturated rings. The van der Waals surface area contributed by atoms with E-state index in [4.69, 9.17) is 0 Å². The first-order chi connectivity index (χ1) is 11.7. The molecule has 2 aromatic carbocycles. The van der Waals surface area contributed by atoms with Crippen LogP contribution < -0.4 is 0 Å². The van der Waals surface area contributed by atoms with Crippen molar-refractivity contribution >= 4 is 21.9 Å². The van der Waals surface area contributed by atoms with Gasteiger partial charge in [0.15, 0.2) is 9.84 Å². The Morgan fingerprint density at radius 3 is 2.56 bits per heavy atom. The maximum absolute atomic E-state index is 13.4. The molecule has 0 spiro atoms. The van der Waals surface area contributed by atoms with Crippen LogP contribution >= 0.6 is 0 Å². The van der Waals surface area contributed by atoms with Crippen LogP contribution in [-0.4, -0.2) is 39.5 Å². The van der Waals surface area contributed by atoms with Gasteiger partial charge in [-0.25, -0.2) is 17.8 Å². The van der Waals surface area contributed by atoms with E-state index in [0.29, 0.717) is 12.1 Å². The maximum Gasteiger partial charge on any atom is 0.177 e. The predicted molar refractivity (Wildman–Crippen MR) is 100.0 cm³/mol. The number of benzene rings is 2. The summed E-state index contributed by atoms with van der Waals surface area (Å²) in [6.45, 7) is 4.66. The van der Waals surface area contributed by atoms with E-state index in [1.54, 1.807) is 24.5 Å². The quantitative estimate of drug-likeness (QED) is 0.581. The molecule has 6 heteroatoms. The fraction of sp³-hybridized carbons (Fsp3) is 0.316. The average Bonchev–Trinajstić information content (AvgIpc) is 2.53. The summed E-state index contributed by atoms with van der Waals surface area (Å²) in [4.78, 5) is 6.38. The molecule has 0 aliphatic carbocycles. The van der Waals surface area contributed by atoms with Crippen molar-refractivity contribution in [2.75, 3.05) is 19.8 Å². The largest absolute Gasteiger partial charge is 0.366 e. The molecule has 2 aromatic rings. The van der Waals surface area contributed by atoms with Crippen LogP contribution in [0.4, 0.5) is 10.1 Å². The molecule has 0 aliphatic rings. The van der Waals surface area contributed by atoms with E-state index >= 15 is 0 Å². The molecule has 0 N–H and O–H groups in total. The lowest BCUT2D eigenvalue weighted by atomic mass is 10.00. The maximum atomic E-state index is 13.4. The molecule has 0 aliphatic heterocycles. The Balaban J connectivity index is 2.48. The van der Waals surface area contributed by atoms with Crippen LogP contribution in [0.1, 0.15) is 23.6 Å². The van der Waals surface area contributed by atoms with Gasteiger partial charge in [-0.15, -0.1) is 0 Å². The molecular formula is C19H23FN2O2S. The number of aryl methyl sites for hydroxylation is 1. The monoisotopic (exact) mass is 362 g/mol. The van der Waals surface area contributed by atoms with Crippen LogP contribution in [0.2, 0.25) is 0 Å². The van der Waals surface area contributed by atoms with Crippen LogP contribution in [0.3, 0.4) is 0 Å². The van der Waals surface area contributed by atoms with Gasteiger partial charge in [-0.1, -0.05) is 12.1 Å². The fourth-order valence-corrected chi connectivity index (χ4v) is 3.26. The first kappa shape index (κ1) is 19.1. The first-order valence-electron chi connectivity index (χ1n) is 8.03. The second kappa shape index (κ2) is 7.78. The summed E-state index contributed by atoms with van der Waals surface area (Å²) in [6.07, 6.45) is 3.26. The van der Waals surface area contributed by atoms with Gasteiger partial charge in [-0.2, -0.15) is 0 Å². The number of hydrogen-bond donors (Lipinski definition) is 0. The van der Waals surface area contributed by atoms with Crippen molar-refractivity contribution in [3.63, 3.8) is 0 Å². The van der Waals surface area contributed by atoms with Crippen LogP contribution in [-0.2, 0) is 16.3 Å². The summed E-state index contributed by atoms with van der Waals surface area (Å²) >= 11 is 0. The van der Waals surface area contributed by atoms with E-state index in [0.717, 1.165) is 23.2 Å². The van der Waals surface area contributed by atoms with Crippen molar-refractivity contribution in [3.05, 3.63) is 58.9 Å². The second-order valence-electron chi connectivity index (χ2n) is 6.14. The molecule has 2 rings (SSSR count). The Kier molecular flexibility index (Phi) is 5.95. The van der Waals surface area contributed by atoms with Gasteiger partial charge in [0.2, 0.25) is 0 Å². The van der Waals surface area contributed by atoms with E-state index in [2.05, 4.69) is 4.99 Å². The van der Waals surface area contributed by atoms with Crippen molar-refractivity contribution in [2.45, 2.75) is 25.2 Å². The predicted octanol–water partition coefficient (Wildman–Crippen LogP) is 3.74. The summed E-state index contributed by atoms with van der Waals surface area (Å²) in [5.74, 6) is -0.303. The lowest BCUT2D eigenvalue weighted by Gasteiger charge is -2.13. The van der Waals surface area contributed by atoms with Gasteiger partial charge in [0.1, 0.15) is 5.82 Å². The van der Waals surface area contributed by atoms with Crippen LogP contribution in [0.15, 0.2) is 46.3 Å². The highest BCUT2D eigenvalue weighted by Gasteiger charge is 2.16. The average molecular weight is 362 g/mol. The number of hydrogen-bond acceptors (Lipinski definition) is 3. The minimum atomic E-state index is -3.43. The second-order valence-corrected chi connectivity index (χ2v) is 8.13. The summed E-state index contributed by atoms with van der Waals surface area (Å²) in [6, 6.07) is 9.74. The van der Waals surface area contributed by atoms with Crippen molar-refractivity contribution in [2.24, 2.45) is 4.99 Å². The number of rotatable bonds is 6. The normalized spacial score (nSPS) is 11.9. The summed E-state index contributed by atoms with van der Waals surface area (Å²) < 4.78 is 37.8. The zero-order valence-corrected chi connectivity index (χ0v) is 15.8. The number of sulfone groups is 1. The molecule has 25 heavy (non-hydrogen) atoms. The molecular weight excluding hydrogens is 339 g/mol. The number of nitrogens with zero attached hydrogens (tertiary/aromatic N) is 2. The van der Waals surface area contributed by atoms with Crippen molar-refractivity contribution in [1.82, 2.24) is 4.90 Å². The smallest absolute Gasteiger partial charge is 0.177 e. The Labute approximate surface area is 148 Å². The zero-order valence-electron chi connectivity index (χ0n) is 15.0. The van der Waals surface area contributed by atoms with E-state index < -0.39 is 9.84 Å². The van der Waals surface area contributed by atoms with E-state index in [1.807, 2.05) is 31.9 Å². The van der Waals surface area contributed by atoms with E-state index in [1.165, 1.54) is 18.4 Å². The SMILES string of the molecule is CCN(C)C=Nc1cc(C)c(Cc2cccc(F)c2)cc1S(C)(=O)=O. The van der Waals surface area contributed by atoms with Gasteiger partial charge in [0, 0.05) is 19.8 Å². The van der Waals surface area contributed by atoms with Gasteiger partial charge < -0.3 is 4.90 Å². The molecule has 4 nitrogen and oxygen atoms in total. The van der Waals surface area contributed by atoms with Gasteiger partial charge >= 0.3 is 0 Å². The molecule has 0 bridgehead atoms. The van der Waals surface area contributed by atoms with Gasteiger partial charge in [-0.05, 0) is 61.2 Å². The molecule has 0 heterocycles. The van der Waals surface area contributed by atoms with Crippen LogP contribution in [0, 0.1) is 12.7 Å². The van der Waals surface area contributed by atoms with Crippen molar-refractivity contribution in [1.29, 1.82) is 0 Å². The highest BCUT2D eigenvalue weighted by molar-refractivity contribution is 7.90. The van der Waals surface area contributed by atoms with Gasteiger partial charge in [0.25, 0.3) is 0 Å². The standard InChI is InChI=1S/C19H23FN2O2S/c1-5-22(3)13-21-18-9-14(2)16(12-19(18)25(4,23)24)10-15-7-6-8-17(20)11-15/h6-9,11-13H,5,10H2,1-4H3. The summed E-state index contributed by atoms with van der Waals surface area (Å²) in [5.41, 5.74) is 2.98. The summed E-state index contributed by atoms with van der Waals surface area (Å²) in [7, 11) is -1.56. The molecule has 0 amide bonds. The van der Waals surface area contributed by atoms with E-state index in [9.17, 15) is 12.8 Å². The molecule has 134 valence electrons. The molecule has 0 radical (unpaired) electrons. The van der Waals surface area contributed by atoms with Crippen molar-refractivity contribution < 1.29 is 12.8 Å². The molecule has 0 saturated carbocycles. The minimum Gasteiger partial charge on any atom is -0.366 e. The number of halogens is 1. The highest BCUT2D eigenvalue weighted by atomic mass is 32.2. The molecule has 0 unspecified atom stereocenters. The van der Waals surface area contributed by atoms with Crippen LogP contribution in [0.5, 0.6) is 0 Å². The zero-order chi connectivity index (χ0) is 18.6. The topological polar surface area (TPSA) is 49.7 Å².